The highest BCUT2D eigenvalue weighted by Gasteiger charge is 2.23. The Labute approximate surface area is 134 Å². The number of carbonyl (C=O) groups excluding carboxylic acids is 1. The quantitative estimate of drug-likeness (QED) is 0.860. The van der Waals surface area contributed by atoms with E-state index in [-0.39, 0.29) is 24.7 Å². The lowest BCUT2D eigenvalue weighted by atomic mass is 9.96. The van der Waals surface area contributed by atoms with Gasteiger partial charge >= 0.3 is 0 Å². The largest absolute Gasteiger partial charge is 0.497 e. The number of rotatable bonds is 6. The van der Waals surface area contributed by atoms with Crippen LogP contribution in [0, 0.1) is 5.82 Å². The molecular weight excluding hydrogens is 297 g/mol. The van der Waals surface area contributed by atoms with Crippen LogP contribution >= 0.6 is 0 Å². The molecule has 0 spiro atoms. The molecule has 0 aromatic heterocycles. The van der Waals surface area contributed by atoms with Crippen LogP contribution in [0.25, 0.3) is 0 Å². The van der Waals surface area contributed by atoms with Crippen LogP contribution in [0.2, 0.25) is 0 Å². The third kappa shape index (κ3) is 4.79. The molecule has 1 amide bonds. The number of aliphatic hydroxyl groups is 1. The number of ether oxygens (including phenoxy) is 1. The van der Waals surface area contributed by atoms with Crippen LogP contribution in [0.5, 0.6) is 5.75 Å². The standard InChI is InChI=1S/C18H20FNO3/c1-18(22,14-5-7-15(19)8-6-14)12-20-17(21)11-13-3-9-16(23-2)10-4-13/h3-10,22H,11-12H2,1-2H3,(H,20,21). The summed E-state index contributed by atoms with van der Waals surface area (Å²) < 4.78 is 18.0. The van der Waals surface area contributed by atoms with Gasteiger partial charge in [-0.15, -0.1) is 0 Å². The van der Waals surface area contributed by atoms with Crippen molar-refractivity contribution in [3.8, 4) is 5.75 Å². The summed E-state index contributed by atoms with van der Waals surface area (Å²) in [6.07, 6.45) is 0.212. The van der Waals surface area contributed by atoms with E-state index in [0.29, 0.717) is 5.56 Å². The maximum Gasteiger partial charge on any atom is 0.224 e. The second kappa shape index (κ2) is 7.24. The van der Waals surface area contributed by atoms with Crippen molar-refractivity contribution < 1.29 is 19.0 Å². The molecule has 2 aromatic carbocycles. The Balaban J connectivity index is 1.90. The molecule has 0 fully saturated rings. The van der Waals surface area contributed by atoms with E-state index in [2.05, 4.69) is 5.32 Å². The van der Waals surface area contributed by atoms with Gasteiger partial charge in [-0.25, -0.2) is 4.39 Å². The maximum absolute atomic E-state index is 12.9. The van der Waals surface area contributed by atoms with Crippen molar-refractivity contribution in [1.82, 2.24) is 5.32 Å². The molecule has 0 aliphatic heterocycles. The first kappa shape index (κ1) is 17.0. The van der Waals surface area contributed by atoms with Gasteiger partial charge in [0.2, 0.25) is 5.91 Å². The lowest BCUT2D eigenvalue weighted by molar-refractivity contribution is -0.121. The van der Waals surface area contributed by atoms with Crippen LogP contribution in [-0.4, -0.2) is 24.7 Å². The van der Waals surface area contributed by atoms with E-state index in [0.717, 1.165) is 11.3 Å². The van der Waals surface area contributed by atoms with Gasteiger partial charge in [0.25, 0.3) is 0 Å². The van der Waals surface area contributed by atoms with E-state index in [1.54, 1.807) is 26.2 Å². The molecule has 122 valence electrons. The van der Waals surface area contributed by atoms with Crippen LogP contribution < -0.4 is 10.1 Å². The van der Waals surface area contributed by atoms with Crippen LogP contribution in [0.3, 0.4) is 0 Å². The highest BCUT2D eigenvalue weighted by Crippen LogP contribution is 2.20. The summed E-state index contributed by atoms with van der Waals surface area (Å²) in [6, 6.07) is 12.8. The molecule has 0 heterocycles. The lowest BCUT2D eigenvalue weighted by Gasteiger charge is -2.24. The molecule has 5 heteroatoms. The molecule has 0 saturated heterocycles. The van der Waals surface area contributed by atoms with Gasteiger partial charge in [0.15, 0.2) is 0 Å². The molecule has 4 nitrogen and oxygen atoms in total. The second-order valence-electron chi connectivity index (χ2n) is 5.58. The van der Waals surface area contributed by atoms with Gasteiger partial charge in [-0.2, -0.15) is 0 Å². The van der Waals surface area contributed by atoms with E-state index >= 15 is 0 Å². The summed E-state index contributed by atoms with van der Waals surface area (Å²) in [6.45, 7) is 1.63. The molecule has 0 saturated carbocycles. The van der Waals surface area contributed by atoms with Crippen molar-refractivity contribution in [3.05, 3.63) is 65.5 Å². The molecule has 0 bridgehead atoms. The molecule has 2 rings (SSSR count). The number of carbonyl (C=O) groups is 1. The molecule has 23 heavy (non-hydrogen) atoms. The van der Waals surface area contributed by atoms with Crippen LogP contribution in [0.15, 0.2) is 48.5 Å². The predicted molar refractivity (Wildman–Crippen MR) is 85.7 cm³/mol. The van der Waals surface area contributed by atoms with E-state index in [1.165, 1.54) is 24.3 Å². The average Bonchev–Trinajstić information content (AvgIpc) is 2.54. The summed E-state index contributed by atoms with van der Waals surface area (Å²) in [5, 5.41) is 13.1. The fraction of sp³-hybridized carbons (Fsp3) is 0.278. The minimum Gasteiger partial charge on any atom is -0.497 e. The first-order valence-corrected chi connectivity index (χ1v) is 7.29. The molecule has 1 unspecified atom stereocenters. The van der Waals surface area contributed by atoms with Gasteiger partial charge in [0.05, 0.1) is 20.1 Å². The minimum absolute atomic E-state index is 0.0492. The first-order valence-electron chi connectivity index (χ1n) is 7.29. The Morgan fingerprint density at radius 1 is 1.17 bits per heavy atom. The highest BCUT2D eigenvalue weighted by molar-refractivity contribution is 5.78. The topological polar surface area (TPSA) is 58.6 Å². The Bertz CT molecular complexity index is 651. The number of methoxy groups -OCH3 is 1. The summed E-state index contributed by atoms with van der Waals surface area (Å²) in [4.78, 5) is 12.0. The third-order valence-electron chi connectivity index (χ3n) is 3.62. The van der Waals surface area contributed by atoms with Crippen LogP contribution in [0.4, 0.5) is 4.39 Å². The first-order chi connectivity index (χ1) is 10.9. The Hall–Kier alpha value is -2.40. The lowest BCUT2D eigenvalue weighted by Crippen LogP contribution is -2.39. The smallest absolute Gasteiger partial charge is 0.224 e. The number of nitrogens with one attached hydrogen (secondary N) is 1. The zero-order chi connectivity index (χ0) is 16.9. The number of benzene rings is 2. The highest BCUT2D eigenvalue weighted by atomic mass is 19.1. The normalized spacial score (nSPS) is 13.2. The number of hydrogen-bond acceptors (Lipinski definition) is 3. The predicted octanol–water partition coefficient (Wildman–Crippen LogP) is 2.40. The Morgan fingerprint density at radius 3 is 2.35 bits per heavy atom. The van der Waals surface area contributed by atoms with E-state index in [1.807, 2.05) is 12.1 Å². The van der Waals surface area contributed by atoms with Gasteiger partial charge < -0.3 is 15.2 Å². The van der Waals surface area contributed by atoms with Crippen molar-refractivity contribution in [1.29, 1.82) is 0 Å². The molecule has 1 atom stereocenters. The summed E-state index contributed by atoms with van der Waals surface area (Å²) in [5.74, 6) is 0.166. The van der Waals surface area contributed by atoms with Crippen LogP contribution in [-0.2, 0) is 16.8 Å². The number of hydrogen-bond donors (Lipinski definition) is 2. The summed E-state index contributed by atoms with van der Waals surface area (Å²) >= 11 is 0. The zero-order valence-electron chi connectivity index (χ0n) is 13.2. The fourth-order valence-corrected chi connectivity index (χ4v) is 2.17. The molecule has 2 aromatic rings. The van der Waals surface area contributed by atoms with Gasteiger partial charge in [-0.1, -0.05) is 24.3 Å². The molecule has 0 radical (unpaired) electrons. The van der Waals surface area contributed by atoms with Crippen molar-refractivity contribution in [2.24, 2.45) is 0 Å². The second-order valence-corrected chi connectivity index (χ2v) is 5.58. The molecule has 2 N–H and O–H groups in total. The third-order valence-corrected chi connectivity index (χ3v) is 3.62. The SMILES string of the molecule is COc1ccc(CC(=O)NCC(C)(O)c2ccc(F)cc2)cc1. The number of halogens is 1. The van der Waals surface area contributed by atoms with E-state index in [4.69, 9.17) is 4.74 Å². The van der Waals surface area contributed by atoms with Crippen LogP contribution in [0.1, 0.15) is 18.1 Å². The van der Waals surface area contributed by atoms with Gasteiger partial charge in [-0.05, 0) is 42.3 Å². The van der Waals surface area contributed by atoms with Gasteiger partial charge in [0, 0.05) is 0 Å². The van der Waals surface area contributed by atoms with E-state index in [9.17, 15) is 14.3 Å². The monoisotopic (exact) mass is 317 g/mol. The number of amides is 1. The Kier molecular flexibility index (Phi) is 5.34. The van der Waals surface area contributed by atoms with Crippen molar-refractivity contribution in [2.75, 3.05) is 13.7 Å². The minimum atomic E-state index is -1.26. The molecular formula is C18H20FNO3. The van der Waals surface area contributed by atoms with Crippen molar-refractivity contribution in [2.45, 2.75) is 18.9 Å². The van der Waals surface area contributed by atoms with E-state index < -0.39 is 5.60 Å². The Morgan fingerprint density at radius 2 is 1.78 bits per heavy atom. The average molecular weight is 317 g/mol. The van der Waals surface area contributed by atoms with Crippen molar-refractivity contribution >= 4 is 5.91 Å². The zero-order valence-corrected chi connectivity index (χ0v) is 13.2. The van der Waals surface area contributed by atoms with Crippen molar-refractivity contribution in [3.63, 3.8) is 0 Å². The maximum atomic E-state index is 12.9. The van der Waals surface area contributed by atoms with Gasteiger partial charge in [0.1, 0.15) is 17.2 Å². The fourth-order valence-electron chi connectivity index (χ4n) is 2.17. The summed E-state index contributed by atoms with van der Waals surface area (Å²) in [7, 11) is 1.58. The molecule has 0 aliphatic carbocycles. The van der Waals surface area contributed by atoms with Gasteiger partial charge in [-0.3, -0.25) is 4.79 Å². The molecule has 0 aliphatic rings. The summed E-state index contributed by atoms with van der Waals surface area (Å²) in [5.41, 5.74) is 0.136.